The first-order valence-corrected chi connectivity index (χ1v) is 12.6. The topological polar surface area (TPSA) is 58.4 Å². The summed E-state index contributed by atoms with van der Waals surface area (Å²) >= 11 is 0. The molecule has 1 saturated heterocycles. The first-order valence-electron chi connectivity index (χ1n) is 12.6. The van der Waals surface area contributed by atoms with Crippen LogP contribution in [-0.2, 0) is 24.2 Å². The molecule has 180 valence electrons. The van der Waals surface area contributed by atoms with Crippen LogP contribution in [0.2, 0.25) is 0 Å². The van der Waals surface area contributed by atoms with E-state index in [2.05, 4.69) is 72.6 Å². The van der Waals surface area contributed by atoms with Gasteiger partial charge in [0.25, 0.3) is 0 Å². The van der Waals surface area contributed by atoms with Crippen LogP contribution in [0, 0.1) is 12.8 Å². The van der Waals surface area contributed by atoms with Crippen molar-refractivity contribution in [1.82, 2.24) is 15.2 Å². The molecule has 0 spiro atoms. The van der Waals surface area contributed by atoms with Crippen LogP contribution in [0.25, 0.3) is 11.5 Å². The average molecular weight is 460 g/mol. The third kappa shape index (κ3) is 6.35. The fourth-order valence-corrected chi connectivity index (χ4v) is 4.61. The Morgan fingerprint density at radius 1 is 1.09 bits per heavy atom. The number of aryl methyl sites for hydroxylation is 3. The lowest BCUT2D eigenvalue weighted by Crippen LogP contribution is -2.43. The summed E-state index contributed by atoms with van der Waals surface area (Å²) in [6, 6.07) is 19.1. The standard InChI is InChI=1S/C29H37N3O2/c1-4-23-12-14-26(15-13-23)29-31-27(22(3)34-29)20-32-18-16-25(17-19-32)28(33)30-21(2)10-11-24-8-6-5-7-9-24/h5-9,12-15,21,25H,4,10-11,16-20H2,1-3H3,(H,30,33)/t21-/m1/s1. The zero-order valence-corrected chi connectivity index (χ0v) is 20.7. The molecule has 1 aliphatic heterocycles. The lowest BCUT2D eigenvalue weighted by Gasteiger charge is -2.31. The SMILES string of the molecule is CCc1ccc(-c2nc(CN3CCC(C(=O)N[C@H](C)CCc4ccccc4)CC3)c(C)o2)cc1. The fraction of sp³-hybridized carbons (Fsp3) is 0.448. The van der Waals surface area contributed by atoms with Crippen molar-refractivity contribution >= 4 is 5.91 Å². The van der Waals surface area contributed by atoms with Gasteiger partial charge in [-0.1, -0.05) is 49.4 Å². The molecule has 2 aromatic carbocycles. The van der Waals surface area contributed by atoms with Crippen molar-refractivity contribution in [3.8, 4) is 11.5 Å². The van der Waals surface area contributed by atoms with Crippen LogP contribution < -0.4 is 5.32 Å². The Balaban J connectivity index is 1.23. The second kappa shape index (κ2) is 11.5. The van der Waals surface area contributed by atoms with E-state index in [4.69, 9.17) is 9.40 Å². The maximum atomic E-state index is 12.8. The van der Waals surface area contributed by atoms with E-state index in [0.717, 1.165) is 68.8 Å². The molecule has 1 N–H and O–H groups in total. The largest absolute Gasteiger partial charge is 0.441 e. The zero-order chi connectivity index (χ0) is 23.9. The third-order valence-electron chi connectivity index (χ3n) is 6.93. The summed E-state index contributed by atoms with van der Waals surface area (Å²) in [5.74, 6) is 1.87. The minimum atomic E-state index is 0.0986. The Bertz CT molecular complexity index is 1050. The Morgan fingerprint density at radius 2 is 1.79 bits per heavy atom. The van der Waals surface area contributed by atoms with E-state index in [0.29, 0.717) is 5.89 Å². The van der Waals surface area contributed by atoms with Gasteiger partial charge in [0.1, 0.15) is 5.76 Å². The predicted molar refractivity (Wildman–Crippen MR) is 136 cm³/mol. The summed E-state index contributed by atoms with van der Waals surface area (Å²) in [7, 11) is 0. The fourth-order valence-electron chi connectivity index (χ4n) is 4.61. The molecule has 1 aliphatic rings. The molecule has 0 unspecified atom stereocenters. The van der Waals surface area contributed by atoms with E-state index in [9.17, 15) is 4.79 Å². The van der Waals surface area contributed by atoms with E-state index in [1.807, 2.05) is 13.0 Å². The predicted octanol–water partition coefficient (Wildman–Crippen LogP) is 5.56. The molecule has 0 saturated carbocycles. The number of hydrogen-bond donors (Lipinski definition) is 1. The van der Waals surface area contributed by atoms with Crippen LogP contribution in [-0.4, -0.2) is 34.9 Å². The van der Waals surface area contributed by atoms with E-state index < -0.39 is 0 Å². The molecule has 5 heteroatoms. The van der Waals surface area contributed by atoms with E-state index >= 15 is 0 Å². The number of amides is 1. The molecular weight excluding hydrogens is 422 g/mol. The van der Waals surface area contributed by atoms with Crippen molar-refractivity contribution in [3.63, 3.8) is 0 Å². The van der Waals surface area contributed by atoms with Gasteiger partial charge < -0.3 is 9.73 Å². The van der Waals surface area contributed by atoms with Gasteiger partial charge in [0.2, 0.25) is 11.8 Å². The normalized spacial score (nSPS) is 15.9. The molecular formula is C29H37N3O2. The number of piperidine rings is 1. The highest BCUT2D eigenvalue weighted by molar-refractivity contribution is 5.79. The van der Waals surface area contributed by atoms with Gasteiger partial charge in [0.05, 0.1) is 5.69 Å². The molecule has 4 rings (SSSR count). The van der Waals surface area contributed by atoms with Gasteiger partial charge in [-0.15, -0.1) is 0 Å². The van der Waals surface area contributed by atoms with Crippen molar-refractivity contribution in [3.05, 3.63) is 77.2 Å². The van der Waals surface area contributed by atoms with Gasteiger partial charge in [-0.3, -0.25) is 9.69 Å². The minimum absolute atomic E-state index is 0.0986. The highest BCUT2D eigenvalue weighted by atomic mass is 16.4. The summed E-state index contributed by atoms with van der Waals surface area (Å²) in [6.07, 6.45) is 4.75. The van der Waals surface area contributed by atoms with E-state index in [1.165, 1.54) is 11.1 Å². The zero-order valence-electron chi connectivity index (χ0n) is 20.7. The number of likely N-dealkylation sites (tertiary alicyclic amines) is 1. The molecule has 3 aromatic rings. The highest BCUT2D eigenvalue weighted by Crippen LogP contribution is 2.25. The second-order valence-corrected chi connectivity index (χ2v) is 9.56. The maximum absolute atomic E-state index is 12.8. The maximum Gasteiger partial charge on any atom is 0.226 e. The Morgan fingerprint density at radius 3 is 2.47 bits per heavy atom. The van der Waals surface area contributed by atoms with Crippen LogP contribution in [0.3, 0.4) is 0 Å². The molecule has 0 bridgehead atoms. The summed E-state index contributed by atoms with van der Waals surface area (Å²) in [4.78, 5) is 20.0. The van der Waals surface area contributed by atoms with Gasteiger partial charge in [0.15, 0.2) is 0 Å². The number of carbonyl (C=O) groups is 1. The third-order valence-corrected chi connectivity index (χ3v) is 6.93. The number of rotatable bonds is 9. The molecule has 2 heterocycles. The Kier molecular flexibility index (Phi) is 8.17. The molecule has 1 amide bonds. The number of aromatic nitrogens is 1. The molecule has 34 heavy (non-hydrogen) atoms. The number of benzene rings is 2. The Hall–Kier alpha value is -2.92. The highest BCUT2D eigenvalue weighted by Gasteiger charge is 2.26. The van der Waals surface area contributed by atoms with Crippen LogP contribution in [0.4, 0.5) is 0 Å². The van der Waals surface area contributed by atoms with Gasteiger partial charge in [-0.25, -0.2) is 4.98 Å². The van der Waals surface area contributed by atoms with Crippen molar-refractivity contribution in [2.75, 3.05) is 13.1 Å². The van der Waals surface area contributed by atoms with Crippen LogP contribution in [0.5, 0.6) is 0 Å². The van der Waals surface area contributed by atoms with E-state index in [1.54, 1.807) is 0 Å². The number of nitrogens with zero attached hydrogens (tertiary/aromatic N) is 2. The lowest BCUT2D eigenvalue weighted by molar-refractivity contribution is -0.127. The van der Waals surface area contributed by atoms with Crippen LogP contribution in [0.15, 0.2) is 59.0 Å². The monoisotopic (exact) mass is 459 g/mol. The minimum Gasteiger partial charge on any atom is -0.441 e. The lowest BCUT2D eigenvalue weighted by atomic mass is 9.95. The first-order chi connectivity index (χ1) is 16.5. The number of hydrogen-bond acceptors (Lipinski definition) is 4. The van der Waals surface area contributed by atoms with E-state index in [-0.39, 0.29) is 17.9 Å². The molecule has 0 radical (unpaired) electrons. The number of oxazole rings is 1. The van der Waals surface area contributed by atoms with Gasteiger partial charge in [0, 0.05) is 24.1 Å². The number of carbonyl (C=O) groups excluding carboxylic acids is 1. The summed E-state index contributed by atoms with van der Waals surface area (Å²) < 4.78 is 5.97. The van der Waals surface area contributed by atoms with Crippen molar-refractivity contribution in [2.45, 2.75) is 65.5 Å². The smallest absolute Gasteiger partial charge is 0.226 e. The molecule has 0 aliphatic carbocycles. The second-order valence-electron chi connectivity index (χ2n) is 9.56. The van der Waals surface area contributed by atoms with Gasteiger partial charge in [-0.05, 0) is 82.3 Å². The van der Waals surface area contributed by atoms with Gasteiger partial charge >= 0.3 is 0 Å². The van der Waals surface area contributed by atoms with Crippen LogP contribution in [0.1, 0.15) is 55.7 Å². The average Bonchev–Trinajstić information content (AvgIpc) is 3.23. The van der Waals surface area contributed by atoms with Gasteiger partial charge in [-0.2, -0.15) is 0 Å². The molecule has 1 aromatic heterocycles. The summed E-state index contributed by atoms with van der Waals surface area (Å²) in [5.41, 5.74) is 4.64. The first kappa shape index (κ1) is 24.2. The van der Waals surface area contributed by atoms with Crippen molar-refractivity contribution < 1.29 is 9.21 Å². The quantitative estimate of drug-likeness (QED) is 0.455. The summed E-state index contributed by atoms with van der Waals surface area (Å²) in [6.45, 7) is 8.83. The van der Waals surface area contributed by atoms with Crippen LogP contribution >= 0.6 is 0 Å². The number of nitrogens with one attached hydrogen (secondary N) is 1. The molecule has 1 fully saturated rings. The molecule has 5 nitrogen and oxygen atoms in total. The summed E-state index contributed by atoms with van der Waals surface area (Å²) in [5, 5.41) is 3.24. The van der Waals surface area contributed by atoms with Crippen molar-refractivity contribution in [1.29, 1.82) is 0 Å². The molecule has 1 atom stereocenters. The van der Waals surface area contributed by atoms with Crippen molar-refractivity contribution in [2.24, 2.45) is 5.92 Å². The Labute approximate surface area is 203 Å².